The second-order valence-corrected chi connectivity index (χ2v) is 8.91. The van der Waals surface area contributed by atoms with Crippen LogP contribution in [0.1, 0.15) is 28.4 Å². The van der Waals surface area contributed by atoms with Crippen LogP contribution in [0.15, 0.2) is 84.0 Å². The minimum Gasteiger partial charge on any atom is -0.494 e. The van der Waals surface area contributed by atoms with E-state index in [-0.39, 0.29) is 6.54 Å². The van der Waals surface area contributed by atoms with Crippen molar-refractivity contribution in [1.82, 2.24) is 5.43 Å². The molecule has 0 fully saturated rings. The molecule has 0 saturated heterocycles. The molecule has 32 heavy (non-hydrogen) atoms. The summed E-state index contributed by atoms with van der Waals surface area (Å²) in [7, 11) is -3.50. The van der Waals surface area contributed by atoms with Crippen LogP contribution in [-0.2, 0) is 16.6 Å². The molecule has 7 nitrogen and oxygen atoms in total. The van der Waals surface area contributed by atoms with E-state index in [0.717, 1.165) is 23.1 Å². The van der Waals surface area contributed by atoms with Crippen molar-refractivity contribution in [3.8, 4) is 5.75 Å². The Morgan fingerprint density at radius 3 is 2.25 bits per heavy atom. The molecule has 0 aliphatic carbocycles. The third-order valence-corrected chi connectivity index (χ3v) is 5.70. The minimum atomic E-state index is -3.50. The van der Waals surface area contributed by atoms with E-state index in [0.29, 0.717) is 17.9 Å². The van der Waals surface area contributed by atoms with Gasteiger partial charge < -0.3 is 4.74 Å². The van der Waals surface area contributed by atoms with E-state index in [1.165, 1.54) is 10.5 Å². The van der Waals surface area contributed by atoms with E-state index in [2.05, 4.69) is 10.5 Å². The Morgan fingerprint density at radius 1 is 1.00 bits per heavy atom. The number of ether oxygens (including phenoxy) is 1. The average Bonchev–Trinajstić information content (AvgIpc) is 2.79. The zero-order valence-electron chi connectivity index (χ0n) is 17.9. The van der Waals surface area contributed by atoms with Crippen LogP contribution < -0.4 is 14.5 Å². The van der Waals surface area contributed by atoms with Crippen LogP contribution in [0, 0.1) is 0 Å². The van der Waals surface area contributed by atoms with Gasteiger partial charge in [-0.2, -0.15) is 5.10 Å². The van der Waals surface area contributed by atoms with Crippen molar-refractivity contribution in [3.63, 3.8) is 0 Å². The number of amides is 1. The van der Waals surface area contributed by atoms with Gasteiger partial charge in [-0.1, -0.05) is 30.3 Å². The molecule has 3 rings (SSSR count). The summed E-state index contributed by atoms with van der Waals surface area (Å²) >= 11 is 0. The van der Waals surface area contributed by atoms with Crippen LogP contribution in [0.3, 0.4) is 0 Å². The van der Waals surface area contributed by atoms with Crippen molar-refractivity contribution in [2.75, 3.05) is 17.2 Å². The lowest BCUT2D eigenvalue weighted by Crippen LogP contribution is -2.29. The highest BCUT2D eigenvalue weighted by molar-refractivity contribution is 7.92. The predicted octanol–water partition coefficient (Wildman–Crippen LogP) is 3.82. The highest BCUT2D eigenvalue weighted by Gasteiger charge is 2.18. The van der Waals surface area contributed by atoms with Crippen LogP contribution >= 0.6 is 0 Å². The standard InChI is InChI=1S/C24H25N3O4S/c1-3-31-23-15-9-19(10-16-23)17-25-26-24(28)21-11-13-22(14-12-21)27(32(2,29)30)18-20-7-5-4-6-8-20/h4-17H,3,18H2,1-2H3,(H,26,28)/b25-17-. The minimum absolute atomic E-state index is 0.206. The number of hydrazone groups is 1. The van der Waals surface area contributed by atoms with Gasteiger partial charge in [0.2, 0.25) is 10.0 Å². The van der Waals surface area contributed by atoms with Crippen molar-refractivity contribution < 1.29 is 17.9 Å². The maximum atomic E-state index is 12.4. The Morgan fingerprint density at radius 2 is 1.66 bits per heavy atom. The summed E-state index contributed by atoms with van der Waals surface area (Å²) in [6.45, 7) is 2.72. The zero-order chi connectivity index (χ0) is 23.0. The van der Waals surface area contributed by atoms with E-state index in [1.807, 2.05) is 61.5 Å². The SMILES string of the molecule is CCOc1ccc(/C=N\NC(=O)c2ccc(N(Cc3ccccc3)S(C)(=O)=O)cc2)cc1. The maximum Gasteiger partial charge on any atom is 0.271 e. The molecule has 0 aliphatic heterocycles. The molecular formula is C24H25N3O4S. The van der Waals surface area contributed by atoms with Gasteiger partial charge in [-0.05, 0) is 66.6 Å². The summed E-state index contributed by atoms with van der Waals surface area (Å²) in [5, 5.41) is 3.97. The van der Waals surface area contributed by atoms with E-state index < -0.39 is 15.9 Å². The Bertz CT molecular complexity index is 1160. The molecule has 166 valence electrons. The van der Waals surface area contributed by atoms with Crippen molar-refractivity contribution in [3.05, 3.63) is 95.6 Å². The first-order chi connectivity index (χ1) is 15.4. The third kappa shape index (κ3) is 6.42. The van der Waals surface area contributed by atoms with Gasteiger partial charge in [0.15, 0.2) is 0 Å². The first kappa shape index (κ1) is 23.0. The van der Waals surface area contributed by atoms with Crippen LogP contribution in [0.25, 0.3) is 0 Å². The number of nitrogens with one attached hydrogen (secondary N) is 1. The number of carbonyl (C=O) groups excluding carboxylic acids is 1. The molecule has 3 aromatic carbocycles. The molecule has 0 spiro atoms. The average molecular weight is 452 g/mol. The fourth-order valence-corrected chi connectivity index (χ4v) is 3.86. The molecule has 1 amide bonds. The van der Waals surface area contributed by atoms with E-state index >= 15 is 0 Å². The largest absolute Gasteiger partial charge is 0.494 e. The molecule has 0 heterocycles. The second-order valence-electron chi connectivity index (χ2n) is 7.00. The normalized spacial score (nSPS) is 11.3. The maximum absolute atomic E-state index is 12.4. The van der Waals surface area contributed by atoms with E-state index in [4.69, 9.17) is 4.74 Å². The highest BCUT2D eigenvalue weighted by atomic mass is 32.2. The van der Waals surface area contributed by atoms with E-state index in [1.54, 1.807) is 24.3 Å². The Labute approximate surface area is 188 Å². The van der Waals surface area contributed by atoms with Crippen LogP contribution in [0.4, 0.5) is 5.69 Å². The number of benzene rings is 3. The molecule has 0 atom stereocenters. The lowest BCUT2D eigenvalue weighted by Gasteiger charge is -2.22. The first-order valence-electron chi connectivity index (χ1n) is 10.0. The molecule has 3 aromatic rings. The smallest absolute Gasteiger partial charge is 0.271 e. The van der Waals surface area contributed by atoms with Gasteiger partial charge in [0.25, 0.3) is 5.91 Å². The number of hydrogen-bond acceptors (Lipinski definition) is 5. The summed E-state index contributed by atoms with van der Waals surface area (Å²) in [6, 6.07) is 23.0. The van der Waals surface area contributed by atoms with Crippen molar-refractivity contribution >= 4 is 27.8 Å². The summed E-state index contributed by atoms with van der Waals surface area (Å²) in [4.78, 5) is 12.4. The predicted molar refractivity (Wildman–Crippen MR) is 127 cm³/mol. The third-order valence-electron chi connectivity index (χ3n) is 4.56. The molecule has 0 aliphatic rings. The summed E-state index contributed by atoms with van der Waals surface area (Å²) in [6.07, 6.45) is 2.69. The first-order valence-corrected chi connectivity index (χ1v) is 11.9. The zero-order valence-corrected chi connectivity index (χ0v) is 18.7. The molecule has 1 N–H and O–H groups in total. The summed E-state index contributed by atoms with van der Waals surface area (Å²) < 4.78 is 31.3. The summed E-state index contributed by atoms with van der Waals surface area (Å²) in [5.41, 5.74) is 5.00. The lowest BCUT2D eigenvalue weighted by molar-refractivity contribution is 0.0955. The molecule has 0 unspecified atom stereocenters. The van der Waals surface area contributed by atoms with Gasteiger partial charge in [0.05, 0.1) is 31.3 Å². The molecule has 0 radical (unpaired) electrons. The number of rotatable bonds is 9. The van der Waals surface area contributed by atoms with Crippen molar-refractivity contribution in [2.24, 2.45) is 5.10 Å². The van der Waals surface area contributed by atoms with Gasteiger partial charge in [0.1, 0.15) is 5.75 Å². The van der Waals surface area contributed by atoms with E-state index in [9.17, 15) is 13.2 Å². The fourth-order valence-electron chi connectivity index (χ4n) is 2.98. The quantitative estimate of drug-likeness (QED) is 0.396. The second kappa shape index (κ2) is 10.6. The van der Waals surface area contributed by atoms with Gasteiger partial charge >= 0.3 is 0 Å². The number of carbonyl (C=O) groups is 1. The van der Waals surface area contributed by atoms with Crippen LogP contribution in [0.5, 0.6) is 5.75 Å². The molecule has 8 heteroatoms. The number of nitrogens with zero attached hydrogens (tertiary/aromatic N) is 2. The van der Waals surface area contributed by atoms with Gasteiger partial charge in [-0.25, -0.2) is 13.8 Å². The molecule has 0 aromatic heterocycles. The number of hydrogen-bond donors (Lipinski definition) is 1. The topological polar surface area (TPSA) is 88.1 Å². The Kier molecular flexibility index (Phi) is 7.62. The van der Waals surface area contributed by atoms with Crippen LogP contribution in [0.2, 0.25) is 0 Å². The lowest BCUT2D eigenvalue weighted by atomic mass is 10.2. The Hall–Kier alpha value is -3.65. The molecule has 0 bridgehead atoms. The fraction of sp³-hybridized carbons (Fsp3) is 0.167. The van der Waals surface area contributed by atoms with Gasteiger partial charge in [0, 0.05) is 5.56 Å². The Balaban J connectivity index is 1.66. The van der Waals surface area contributed by atoms with Crippen molar-refractivity contribution in [1.29, 1.82) is 0 Å². The molecular weight excluding hydrogens is 426 g/mol. The molecule has 0 saturated carbocycles. The number of sulfonamides is 1. The van der Waals surface area contributed by atoms with Gasteiger partial charge in [-0.15, -0.1) is 0 Å². The van der Waals surface area contributed by atoms with Gasteiger partial charge in [-0.3, -0.25) is 9.10 Å². The monoisotopic (exact) mass is 451 g/mol. The number of anilines is 1. The highest BCUT2D eigenvalue weighted by Crippen LogP contribution is 2.21. The van der Waals surface area contributed by atoms with Crippen molar-refractivity contribution in [2.45, 2.75) is 13.5 Å². The van der Waals surface area contributed by atoms with Crippen LogP contribution in [-0.4, -0.2) is 33.4 Å². The summed E-state index contributed by atoms with van der Waals surface area (Å²) in [5.74, 6) is 0.372.